The molecule has 0 fully saturated rings. The van der Waals surface area contributed by atoms with Gasteiger partial charge in [0, 0.05) is 29.7 Å². The minimum atomic E-state index is 0.406. The summed E-state index contributed by atoms with van der Waals surface area (Å²) in [5.74, 6) is 1.20. The van der Waals surface area contributed by atoms with Crippen LogP contribution in [0.4, 0.5) is 5.82 Å². The topological polar surface area (TPSA) is 66.0 Å². The maximum Gasteiger partial charge on any atom is 0.150 e. The number of aryl methyl sites for hydroxylation is 1. The lowest BCUT2D eigenvalue weighted by molar-refractivity contribution is 0.415. The molecule has 0 saturated heterocycles. The summed E-state index contributed by atoms with van der Waals surface area (Å²) in [5.41, 5.74) is 8.65. The number of halogens is 1. The predicted molar refractivity (Wildman–Crippen MR) is 82.6 cm³/mol. The van der Waals surface area contributed by atoms with Crippen molar-refractivity contribution in [2.75, 3.05) is 12.8 Å². The van der Waals surface area contributed by atoms with Crippen LogP contribution in [0.25, 0.3) is 22.2 Å². The highest BCUT2D eigenvalue weighted by atomic mass is 79.9. The van der Waals surface area contributed by atoms with Gasteiger partial charge in [-0.25, -0.2) is 9.97 Å². The number of hydrogen-bond donors (Lipinski definition) is 1. The summed E-state index contributed by atoms with van der Waals surface area (Å²) in [6.07, 6.45) is 3.58. The highest BCUT2D eigenvalue weighted by Crippen LogP contribution is 2.34. The summed E-state index contributed by atoms with van der Waals surface area (Å²) in [5, 5.41) is 1.03. The number of benzene rings is 1. The van der Waals surface area contributed by atoms with Gasteiger partial charge >= 0.3 is 0 Å². The van der Waals surface area contributed by atoms with Crippen molar-refractivity contribution < 1.29 is 4.74 Å². The van der Waals surface area contributed by atoms with Gasteiger partial charge in [0.05, 0.1) is 13.3 Å². The molecular weight excluding hydrogens is 320 g/mol. The maximum atomic E-state index is 5.96. The van der Waals surface area contributed by atoms with Crippen LogP contribution in [-0.2, 0) is 7.05 Å². The van der Waals surface area contributed by atoms with Crippen molar-refractivity contribution in [3.63, 3.8) is 0 Å². The Kier molecular flexibility index (Phi) is 3.10. The first-order chi connectivity index (χ1) is 9.60. The Labute approximate surface area is 124 Å². The van der Waals surface area contributed by atoms with Gasteiger partial charge in [0.2, 0.25) is 0 Å². The molecule has 2 N–H and O–H groups in total. The first-order valence-corrected chi connectivity index (χ1v) is 6.81. The highest BCUT2D eigenvalue weighted by Gasteiger charge is 2.14. The Morgan fingerprint density at radius 2 is 2.15 bits per heavy atom. The molecule has 6 heteroatoms. The fourth-order valence-corrected chi connectivity index (χ4v) is 2.54. The fraction of sp³-hybridized carbons (Fsp3) is 0.143. The maximum absolute atomic E-state index is 5.96. The van der Waals surface area contributed by atoms with Crippen LogP contribution in [0.15, 0.2) is 35.2 Å². The Bertz CT molecular complexity index is 797. The molecule has 0 aliphatic rings. The van der Waals surface area contributed by atoms with E-state index in [0.29, 0.717) is 16.1 Å². The Morgan fingerprint density at radius 3 is 2.90 bits per heavy atom. The fourth-order valence-electron chi connectivity index (χ4n) is 2.26. The minimum absolute atomic E-state index is 0.406. The number of nitrogens with zero attached hydrogens (tertiary/aromatic N) is 3. The van der Waals surface area contributed by atoms with Gasteiger partial charge in [0.25, 0.3) is 0 Å². The van der Waals surface area contributed by atoms with E-state index in [2.05, 4.69) is 25.9 Å². The molecule has 102 valence electrons. The third-order valence-corrected chi connectivity index (χ3v) is 3.61. The van der Waals surface area contributed by atoms with Crippen molar-refractivity contribution in [1.29, 1.82) is 0 Å². The third kappa shape index (κ3) is 2.02. The molecule has 2 heterocycles. The van der Waals surface area contributed by atoms with Crippen molar-refractivity contribution in [3.05, 3.63) is 35.2 Å². The van der Waals surface area contributed by atoms with Gasteiger partial charge in [0.15, 0.2) is 0 Å². The molecule has 3 rings (SSSR count). The molecule has 0 aliphatic heterocycles. The minimum Gasteiger partial charge on any atom is -0.497 e. The molecule has 0 spiro atoms. The number of fused-ring (bicyclic) bond motifs is 1. The Morgan fingerprint density at radius 1 is 1.35 bits per heavy atom. The van der Waals surface area contributed by atoms with Gasteiger partial charge in [-0.1, -0.05) is 0 Å². The quantitative estimate of drug-likeness (QED) is 0.783. The van der Waals surface area contributed by atoms with Crippen molar-refractivity contribution in [2.24, 2.45) is 7.05 Å². The predicted octanol–water partition coefficient (Wildman–Crippen LogP) is 2.99. The molecule has 0 radical (unpaired) electrons. The standard InChI is InChI=1S/C14H13BrN4O/c1-19-7-10(13-14(16)17-6-12(15)18-13)9-5-8(20-2)3-4-11(9)19/h3-7H,1-2H3,(H2,16,17). The molecule has 0 bridgehead atoms. The van der Waals surface area contributed by atoms with Crippen LogP contribution in [-0.4, -0.2) is 21.6 Å². The zero-order chi connectivity index (χ0) is 14.3. The summed E-state index contributed by atoms with van der Waals surface area (Å²) in [6.45, 7) is 0. The van der Waals surface area contributed by atoms with Crippen molar-refractivity contribution in [3.8, 4) is 17.0 Å². The van der Waals surface area contributed by atoms with Crippen LogP contribution in [0.2, 0.25) is 0 Å². The number of anilines is 1. The van der Waals surface area contributed by atoms with E-state index in [0.717, 1.165) is 22.2 Å². The number of nitrogen functional groups attached to an aromatic ring is 1. The molecule has 20 heavy (non-hydrogen) atoms. The normalized spacial score (nSPS) is 10.9. The first kappa shape index (κ1) is 12.9. The highest BCUT2D eigenvalue weighted by molar-refractivity contribution is 9.10. The largest absolute Gasteiger partial charge is 0.497 e. The molecular formula is C14H13BrN4O. The molecule has 0 atom stereocenters. The molecule has 2 aromatic heterocycles. The molecule has 0 unspecified atom stereocenters. The van der Waals surface area contributed by atoms with Crippen LogP contribution in [0.1, 0.15) is 0 Å². The zero-order valence-corrected chi connectivity index (χ0v) is 12.7. The smallest absolute Gasteiger partial charge is 0.150 e. The van der Waals surface area contributed by atoms with E-state index in [1.165, 1.54) is 0 Å². The van der Waals surface area contributed by atoms with Crippen LogP contribution in [0.3, 0.4) is 0 Å². The second kappa shape index (κ2) is 4.79. The molecule has 1 aromatic carbocycles. The van der Waals surface area contributed by atoms with E-state index in [1.54, 1.807) is 13.3 Å². The lowest BCUT2D eigenvalue weighted by Crippen LogP contribution is -1.97. The van der Waals surface area contributed by atoms with Crippen molar-refractivity contribution in [1.82, 2.24) is 14.5 Å². The number of methoxy groups -OCH3 is 1. The van der Waals surface area contributed by atoms with Gasteiger partial charge < -0.3 is 15.0 Å². The van der Waals surface area contributed by atoms with E-state index in [9.17, 15) is 0 Å². The van der Waals surface area contributed by atoms with E-state index in [1.807, 2.05) is 36.0 Å². The zero-order valence-electron chi connectivity index (χ0n) is 11.1. The number of aromatic nitrogens is 3. The van der Waals surface area contributed by atoms with Gasteiger partial charge in [-0.2, -0.15) is 0 Å². The average Bonchev–Trinajstić information content (AvgIpc) is 2.78. The summed E-state index contributed by atoms with van der Waals surface area (Å²) < 4.78 is 7.98. The second-order valence-corrected chi connectivity index (χ2v) is 5.28. The number of ether oxygens (including phenoxy) is 1. The Hall–Kier alpha value is -2.08. The Balaban J connectivity index is 2.33. The summed E-state index contributed by atoms with van der Waals surface area (Å²) in [6, 6.07) is 5.92. The van der Waals surface area contributed by atoms with Crippen molar-refractivity contribution in [2.45, 2.75) is 0 Å². The summed E-state index contributed by atoms with van der Waals surface area (Å²) in [7, 11) is 3.64. The van der Waals surface area contributed by atoms with E-state index in [-0.39, 0.29) is 0 Å². The molecule has 3 aromatic rings. The number of hydrogen-bond acceptors (Lipinski definition) is 4. The third-order valence-electron chi connectivity index (χ3n) is 3.22. The van der Waals surface area contributed by atoms with Crippen LogP contribution in [0, 0.1) is 0 Å². The first-order valence-electron chi connectivity index (χ1n) is 6.01. The van der Waals surface area contributed by atoms with Crippen LogP contribution >= 0.6 is 15.9 Å². The SMILES string of the molecule is COc1ccc2c(c1)c(-c1nc(Br)cnc1N)cn2C. The second-order valence-electron chi connectivity index (χ2n) is 4.46. The van der Waals surface area contributed by atoms with Crippen LogP contribution in [0.5, 0.6) is 5.75 Å². The summed E-state index contributed by atoms with van der Waals surface area (Å²) in [4.78, 5) is 8.58. The monoisotopic (exact) mass is 332 g/mol. The molecule has 0 aliphatic carbocycles. The van der Waals surface area contributed by atoms with E-state index >= 15 is 0 Å². The lowest BCUT2D eigenvalue weighted by Gasteiger charge is -2.04. The number of nitrogens with two attached hydrogens (primary N) is 1. The van der Waals surface area contributed by atoms with E-state index in [4.69, 9.17) is 10.5 Å². The average molecular weight is 333 g/mol. The van der Waals surface area contributed by atoms with Crippen LogP contribution < -0.4 is 10.5 Å². The molecule has 0 saturated carbocycles. The lowest BCUT2D eigenvalue weighted by atomic mass is 10.1. The van der Waals surface area contributed by atoms with Gasteiger partial charge in [-0.15, -0.1) is 0 Å². The van der Waals surface area contributed by atoms with E-state index < -0.39 is 0 Å². The van der Waals surface area contributed by atoms with Gasteiger partial charge in [0.1, 0.15) is 21.9 Å². The van der Waals surface area contributed by atoms with Crippen molar-refractivity contribution >= 4 is 32.7 Å². The molecule has 0 amide bonds. The summed E-state index contributed by atoms with van der Waals surface area (Å²) >= 11 is 3.33. The number of rotatable bonds is 2. The van der Waals surface area contributed by atoms with Gasteiger partial charge in [-0.05, 0) is 34.1 Å². The van der Waals surface area contributed by atoms with Gasteiger partial charge in [-0.3, -0.25) is 0 Å². The molecule has 5 nitrogen and oxygen atoms in total.